The second kappa shape index (κ2) is 4.85. The van der Waals surface area contributed by atoms with Gasteiger partial charge in [-0.2, -0.15) is 0 Å². The molecule has 2 rings (SSSR count). The molecule has 0 atom stereocenters. The van der Waals surface area contributed by atoms with Crippen molar-refractivity contribution in [2.24, 2.45) is 0 Å². The van der Waals surface area contributed by atoms with Crippen LogP contribution in [0.2, 0.25) is 0 Å². The van der Waals surface area contributed by atoms with Gasteiger partial charge >= 0.3 is 0 Å². The van der Waals surface area contributed by atoms with Crippen LogP contribution in [0.1, 0.15) is 30.1 Å². The van der Waals surface area contributed by atoms with E-state index in [9.17, 15) is 4.79 Å². The Bertz CT molecular complexity index is 385. The summed E-state index contributed by atoms with van der Waals surface area (Å²) in [6.07, 6.45) is 1.98. The number of hydrogen-bond donors (Lipinski definition) is 2. The van der Waals surface area contributed by atoms with Gasteiger partial charge in [-0.3, -0.25) is 4.79 Å². The van der Waals surface area contributed by atoms with E-state index in [0.717, 1.165) is 35.3 Å². The van der Waals surface area contributed by atoms with E-state index in [2.05, 4.69) is 33.5 Å². The minimum absolute atomic E-state index is 0.0337. The number of nitrogens with one attached hydrogen (secondary N) is 2. The van der Waals surface area contributed by atoms with Gasteiger partial charge in [0.25, 0.3) is 5.91 Å². The Hall–Kier alpha value is -0.390. The Labute approximate surface area is 108 Å². The maximum Gasteiger partial charge on any atom is 0.252 e. The first-order valence-corrected chi connectivity index (χ1v) is 7.04. The van der Waals surface area contributed by atoms with Crippen molar-refractivity contribution in [1.82, 2.24) is 10.6 Å². The SMILES string of the molecule is CC1(NC(=O)c2csc(Br)c2)CCNCC1. The van der Waals surface area contributed by atoms with E-state index in [1.807, 2.05) is 11.4 Å². The maximum atomic E-state index is 12.0. The molecule has 1 aliphatic rings. The van der Waals surface area contributed by atoms with E-state index in [4.69, 9.17) is 0 Å². The molecule has 1 saturated heterocycles. The smallest absolute Gasteiger partial charge is 0.252 e. The molecule has 1 aromatic rings. The molecular formula is C11H15BrN2OS. The molecule has 5 heteroatoms. The topological polar surface area (TPSA) is 41.1 Å². The average molecular weight is 303 g/mol. The molecule has 3 nitrogen and oxygen atoms in total. The van der Waals surface area contributed by atoms with Crippen LogP contribution in [0.5, 0.6) is 0 Å². The van der Waals surface area contributed by atoms with Crippen LogP contribution in [0.4, 0.5) is 0 Å². The van der Waals surface area contributed by atoms with Crippen LogP contribution in [-0.2, 0) is 0 Å². The molecule has 1 amide bonds. The van der Waals surface area contributed by atoms with Gasteiger partial charge < -0.3 is 10.6 Å². The maximum absolute atomic E-state index is 12.0. The first kappa shape index (κ1) is 12.1. The summed E-state index contributed by atoms with van der Waals surface area (Å²) < 4.78 is 0.994. The summed E-state index contributed by atoms with van der Waals surface area (Å²) in [4.78, 5) is 12.0. The first-order valence-electron chi connectivity index (χ1n) is 5.36. The molecule has 88 valence electrons. The van der Waals surface area contributed by atoms with Crippen LogP contribution in [0, 0.1) is 0 Å². The van der Waals surface area contributed by atoms with E-state index in [-0.39, 0.29) is 11.4 Å². The second-order valence-electron chi connectivity index (χ2n) is 4.40. The molecule has 0 spiro atoms. The number of hydrogen-bond acceptors (Lipinski definition) is 3. The van der Waals surface area contributed by atoms with Gasteiger partial charge in [0.05, 0.1) is 9.35 Å². The van der Waals surface area contributed by atoms with Crippen LogP contribution in [0.15, 0.2) is 15.2 Å². The van der Waals surface area contributed by atoms with E-state index in [0.29, 0.717) is 0 Å². The van der Waals surface area contributed by atoms with Crippen molar-refractivity contribution in [2.45, 2.75) is 25.3 Å². The number of rotatable bonds is 2. The van der Waals surface area contributed by atoms with Gasteiger partial charge in [-0.25, -0.2) is 0 Å². The number of thiophene rings is 1. The van der Waals surface area contributed by atoms with Crippen molar-refractivity contribution >= 4 is 33.2 Å². The standard InChI is InChI=1S/C11H15BrN2OS/c1-11(2-4-13-5-3-11)14-10(15)8-6-9(12)16-7-8/h6-7,13H,2-5H2,1H3,(H,14,15). The largest absolute Gasteiger partial charge is 0.347 e. The molecule has 0 radical (unpaired) electrons. The zero-order chi connectivity index (χ0) is 11.6. The first-order chi connectivity index (χ1) is 7.59. The minimum atomic E-state index is -0.0588. The highest BCUT2D eigenvalue weighted by atomic mass is 79.9. The quantitative estimate of drug-likeness (QED) is 0.881. The van der Waals surface area contributed by atoms with Crippen LogP contribution < -0.4 is 10.6 Å². The summed E-state index contributed by atoms with van der Waals surface area (Å²) in [5.74, 6) is 0.0337. The summed E-state index contributed by atoms with van der Waals surface area (Å²) in [5, 5.41) is 8.31. The van der Waals surface area contributed by atoms with Gasteiger partial charge in [0.15, 0.2) is 0 Å². The Kier molecular flexibility index (Phi) is 3.66. The summed E-state index contributed by atoms with van der Waals surface area (Å²) in [6, 6.07) is 1.87. The van der Waals surface area contributed by atoms with Crippen molar-refractivity contribution in [1.29, 1.82) is 0 Å². The molecule has 2 heterocycles. The monoisotopic (exact) mass is 302 g/mol. The highest BCUT2D eigenvalue weighted by Crippen LogP contribution is 2.22. The van der Waals surface area contributed by atoms with Crippen LogP contribution in [0.25, 0.3) is 0 Å². The van der Waals surface area contributed by atoms with E-state index >= 15 is 0 Å². The number of amides is 1. The second-order valence-corrected chi connectivity index (χ2v) is 6.69. The molecule has 0 unspecified atom stereocenters. The van der Waals surface area contributed by atoms with Crippen molar-refractivity contribution in [3.05, 3.63) is 20.8 Å². The minimum Gasteiger partial charge on any atom is -0.347 e. The van der Waals surface area contributed by atoms with Crippen molar-refractivity contribution in [3.63, 3.8) is 0 Å². The van der Waals surface area contributed by atoms with Gasteiger partial charge in [0.1, 0.15) is 0 Å². The summed E-state index contributed by atoms with van der Waals surface area (Å²) in [7, 11) is 0. The van der Waals surface area contributed by atoms with Crippen molar-refractivity contribution in [2.75, 3.05) is 13.1 Å². The fourth-order valence-electron chi connectivity index (χ4n) is 1.88. The lowest BCUT2D eigenvalue weighted by Crippen LogP contribution is -2.52. The third-order valence-corrected chi connectivity index (χ3v) is 4.46. The number of halogens is 1. The lowest BCUT2D eigenvalue weighted by atomic mass is 9.90. The number of piperidine rings is 1. The van der Waals surface area contributed by atoms with Gasteiger partial charge in [0.2, 0.25) is 0 Å². The molecule has 0 saturated carbocycles. The molecule has 0 bridgehead atoms. The Morgan fingerprint density at radius 3 is 2.81 bits per heavy atom. The summed E-state index contributed by atoms with van der Waals surface area (Å²) in [6.45, 7) is 4.07. The summed E-state index contributed by atoms with van der Waals surface area (Å²) >= 11 is 4.90. The summed E-state index contributed by atoms with van der Waals surface area (Å²) in [5.41, 5.74) is 0.688. The highest BCUT2D eigenvalue weighted by molar-refractivity contribution is 9.11. The Morgan fingerprint density at radius 1 is 1.56 bits per heavy atom. The predicted molar refractivity (Wildman–Crippen MR) is 70.0 cm³/mol. The molecule has 1 fully saturated rings. The molecule has 16 heavy (non-hydrogen) atoms. The van der Waals surface area contributed by atoms with Gasteiger partial charge in [-0.1, -0.05) is 0 Å². The van der Waals surface area contributed by atoms with E-state index in [1.165, 1.54) is 11.3 Å². The number of carbonyl (C=O) groups is 1. The Morgan fingerprint density at radius 2 is 2.25 bits per heavy atom. The number of carbonyl (C=O) groups excluding carboxylic acids is 1. The van der Waals surface area contributed by atoms with Crippen molar-refractivity contribution in [3.8, 4) is 0 Å². The van der Waals surface area contributed by atoms with Crippen LogP contribution in [0.3, 0.4) is 0 Å². The molecule has 1 aromatic heterocycles. The van der Waals surface area contributed by atoms with Gasteiger partial charge in [-0.05, 0) is 54.9 Å². The van der Waals surface area contributed by atoms with Gasteiger partial charge in [0, 0.05) is 10.9 Å². The fraction of sp³-hybridized carbons (Fsp3) is 0.545. The van der Waals surface area contributed by atoms with Gasteiger partial charge in [-0.15, -0.1) is 11.3 Å². The average Bonchev–Trinajstić information content (AvgIpc) is 2.65. The molecule has 0 aliphatic carbocycles. The lowest BCUT2D eigenvalue weighted by molar-refractivity contribution is 0.0888. The van der Waals surface area contributed by atoms with E-state index in [1.54, 1.807) is 0 Å². The Balaban J connectivity index is 2.01. The molecule has 1 aliphatic heterocycles. The molecule has 2 N–H and O–H groups in total. The molecular weight excluding hydrogens is 288 g/mol. The fourth-order valence-corrected chi connectivity index (χ4v) is 3.02. The normalized spacial score (nSPS) is 19.4. The highest BCUT2D eigenvalue weighted by Gasteiger charge is 2.28. The predicted octanol–water partition coefficient (Wildman–Crippen LogP) is 2.38. The van der Waals surface area contributed by atoms with Crippen LogP contribution >= 0.6 is 27.3 Å². The molecule has 0 aromatic carbocycles. The third-order valence-electron chi connectivity index (χ3n) is 2.95. The zero-order valence-electron chi connectivity index (χ0n) is 9.18. The lowest BCUT2D eigenvalue weighted by Gasteiger charge is -2.34. The van der Waals surface area contributed by atoms with Crippen molar-refractivity contribution < 1.29 is 4.79 Å². The third kappa shape index (κ3) is 2.84. The van der Waals surface area contributed by atoms with E-state index < -0.39 is 0 Å². The van der Waals surface area contributed by atoms with Crippen LogP contribution in [-0.4, -0.2) is 24.5 Å². The zero-order valence-corrected chi connectivity index (χ0v) is 11.6.